The molecule has 0 saturated heterocycles. The molecule has 19 heavy (non-hydrogen) atoms. The molecule has 2 rings (SSSR count). The lowest BCUT2D eigenvalue weighted by Gasteiger charge is -2.21. The van der Waals surface area contributed by atoms with E-state index in [1.165, 1.54) is 5.56 Å². The van der Waals surface area contributed by atoms with Crippen LogP contribution in [0.1, 0.15) is 5.56 Å². The molecule has 0 aliphatic heterocycles. The van der Waals surface area contributed by atoms with Gasteiger partial charge in [-0.25, -0.2) is 0 Å². The smallest absolute Gasteiger partial charge is 0.0632 e. The molecule has 1 heterocycles. The summed E-state index contributed by atoms with van der Waals surface area (Å²) in [6, 6.07) is 10.3. The van der Waals surface area contributed by atoms with Crippen LogP contribution in [-0.2, 0) is 13.1 Å². The number of hydrogen-bond acceptors (Lipinski definition) is 3. The van der Waals surface area contributed by atoms with Gasteiger partial charge in [0.2, 0.25) is 0 Å². The van der Waals surface area contributed by atoms with E-state index in [1.54, 1.807) is 6.20 Å². The fraction of sp³-hybridized carbons (Fsp3) is 0.357. The molecule has 0 radical (unpaired) electrons. The van der Waals surface area contributed by atoms with Crippen molar-refractivity contribution in [1.29, 1.82) is 0 Å². The first-order valence-electron chi connectivity index (χ1n) is 6.33. The molecule has 0 unspecified atom stereocenters. The van der Waals surface area contributed by atoms with Crippen LogP contribution in [0.15, 0.2) is 47.2 Å². The quantitative estimate of drug-likeness (QED) is 0.848. The van der Waals surface area contributed by atoms with Gasteiger partial charge in [-0.05, 0) is 21.5 Å². The summed E-state index contributed by atoms with van der Waals surface area (Å²) < 4.78 is 2.89. The number of aliphatic hydroxyl groups excluding tert-OH is 1. The van der Waals surface area contributed by atoms with Crippen molar-refractivity contribution in [2.75, 3.05) is 19.7 Å². The molecule has 0 aliphatic carbocycles. The fourth-order valence-electron chi connectivity index (χ4n) is 1.96. The Kier molecular flexibility index (Phi) is 5.57. The van der Waals surface area contributed by atoms with E-state index in [9.17, 15) is 0 Å². The van der Waals surface area contributed by atoms with Crippen molar-refractivity contribution in [2.24, 2.45) is 0 Å². The van der Waals surface area contributed by atoms with Crippen molar-refractivity contribution < 1.29 is 5.11 Å². The van der Waals surface area contributed by atoms with Crippen molar-refractivity contribution in [2.45, 2.75) is 13.1 Å². The van der Waals surface area contributed by atoms with Crippen LogP contribution in [0.2, 0.25) is 0 Å². The van der Waals surface area contributed by atoms with E-state index >= 15 is 0 Å². The minimum Gasteiger partial charge on any atom is -0.395 e. The lowest BCUT2D eigenvalue weighted by Crippen LogP contribution is -2.30. The molecule has 0 spiro atoms. The lowest BCUT2D eigenvalue weighted by molar-refractivity contribution is 0.183. The third-order valence-electron chi connectivity index (χ3n) is 2.91. The Morgan fingerprint density at radius 1 is 1.21 bits per heavy atom. The molecule has 1 aromatic heterocycles. The Morgan fingerprint density at radius 3 is 2.63 bits per heavy atom. The summed E-state index contributed by atoms with van der Waals surface area (Å²) in [5.74, 6) is 0. The van der Waals surface area contributed by atoms with E-state index in [1.807, 2.05) is 29.1 Å². The molecular formula is C14H18BrN3O. The van der Waals surface area contributed by atoms with E-state index in [0.29, 0.717) is 6.54 Å². The number of aromatic nitrogens is 2. The second-order valence-electron chi connectivity index (χ2n) is 4.41. The molecular weight excluding hydrogens is 306 g/mol. The Hall–Kier alpha value is -1.17. The Balaban J connectivity index is 1.89. The van der Waals surface area contributed by atoms with Crippen LogP contribution in [0.4, 0.5) is 0 Å². The second-order valence-corrected chi connectivity index (χ2v) is 5.32. The van der Waals surface area contributed by atoms with Gasteiger partial charge in [0.1, 0.15) is 0 Å². The maximum atomic E-state index is 9.14. The predicted octanol–water partition coefficient (Wildman–Crippen LogP) is 2.14. The minimum atomic E-state index is 0.176. The number of hydrogen-bond donors (Lipinski definition) is 1. The largest absolute Gasteiger partial charge is 0.395 e. The summed E-state index contributed by atoms with van der Waals surface area (Å²) in [6.07, 6.45) is 3.74. The zero-order chi connectivity index (χ0) is 13.5. The molecule has 2 aromatic rings. The highest BCUT2D eigenvalue weighted by Crippen LogP contribution is 2.07. The molecule has 102 valence electrons. The fourth-order valence-corrected chi connectivity index (χ4v) is 2.29. The predicted molar refractivity (Wildman–Crippen MR) is 78.7 cm³/mol. The monoisotopic (exact) mass is 323 g/mol. The maximum Gasteiger partial charge on any atom is 0.0632 e. The summed E-state index contributed by atoms with van der Waals surface area (Å²) in [5.41, 5.74) is 1.26. The molecule has 0 atom stereocenters. The number of halogens is 1. The molecule has 0 bridgehead atoms. The van der Waals surface area contributed by atoms with Crippen LogP contribution >= 0.6 is 15.9 Å². The standard InChI is InChI=1S/C14H18BrN3O/c15-14-10-16-18(12-14)7-6-17(8-9-19)11-13-4-2-1-3-5-13/h1-5,10,12,19H,6-9,11H2. The molecule has 1 N–H and O–H groups in total. The van der Waals surface area contributed by atoms with E-state index in [-0.39, 0.29) is 6.61 Å². The molecule has 0 saturated carbocycles. The van der Waals surface area contributed by atoms with Gasteiger partial charge in [-0.2, -0.15) is 5.10 Å². The van der Waals surface area contributed by atoms with Crippen molar-refractivity contribution in [3.63, 3.8) is 0 Å². The molecule has 4 nitrogen and oxygen atoms in total. The third-order valence-corrected chi connectivity index (χ3v) is 3.32. The van der Waals surface area contributed by atoms with Gasteiger partial charge in [-0.1, -0.05) is 30.3 Å². The number of nitrogens with zero attached hydrogens (tertiary/aromatic N) is 3. The van der Waals surface area contributed by atoms with Crippen LogP contribution in [0.5, 0.6) is 0 Å². The van der Waals surface area contributed by atoms with E-state index in [4.69, 9.17) is 5.11 Å². The van der Waals surface area contributed by atoms with Crippen molar-refractivity contribution in [3.8, 4) is 0 Å². The first-order chi connectivity index (χ1) is 9.28. The SMILES string of the molecule is OCCN(CCn1cc(Br)cn1)Cc1ccccc1. The van der Waals surface area contributed by atoms with Crippen LogP contribution in [0.25, 0.3) is 0 Å². The van der Waals surface area contributed by atoms with Gasteiger partial charge in [-0.3, -0.25) is 9.58 Å². The van der Waals surface area contributed by atoms with Crippen molar-refractivity contribution in [1.82, 2.24) is 14.7 Å². The van der Waals surface area contributed by atoms with Gasteiger partial charge in [0.15, 0.2) is 0 Å². The maximum absolute atomic E-state index is 9.14. The second kappa shape index (κ2) is 7.43. The average molecular weight is 324 g/mol. The highest BCUT2D eigenvalue weighted by atomic mass is 79.9. The Bertz CT molecular complexity index is 486. The lowest BCUT2D eigenvalue weighted by atomic mass is 10.2. The first-order valence-corrected chi connectivity index (χ1v) is 7.12. The van der Waals surface area contributed by atoms with Gasteiger partial charge in [0.05, 0.1) is 23.8 Å². The van der Waals surface area contributed by atoms with Crippen LogP contribution in [0.3, 0.4) is 0 Å². The van der Waals surface area contributed by atoms with Crippen molar-refractivity contribution >= 4 is 15.9 Å². The van der Waals surface area contributed by atoms with E-state index < -0.39 is 0 Å². The summed E-state index contributed by atoms with van der Waals surface area (Å²) in [5, 5.41) is 13.4. The summed E-state index contributed by atoms with van der Waals surface area (Å²) in [6.45, 7) is 3.39. The van der Waals surface area contributed by atoms with Gasteiger partial charge < -0.3 is 5.11 Å². The van der Waals surface area contributed by atoms with Crippen LogP contribution < -0.4 is 0 Å². The number of rotatable bonds is 7. The molecule has 0 aliphatic rings. The normalized spacial score (nSPS) is 11.1. The molecule has 0 amide bonds. The number of benzene rings is 1. The zero-order valence-corrected chi connectivity index (χ0v) is 12.3. The first kappa shape index (κ1) is 14.2. The summed E-state index contributed by atoms with van der Waals surface area (Å²) in [7, 11) is 0. The highest BCUT2D eigenvalue weighted by Gasteiger charge is 2.06. The van der Waals surface area contributed by atoms with Gasteiger partial charge >= 0.3 is 0 Å². The summed E-state index contributed by atoms with van der Waals surface area (Å²) >= 11 is 3.39. The Morgan fingerprint density at radius 2 is 2.00 bits per heavy atom. The number of aliphatic hydroxyl groups is 1. The Labute approximate surface area is 121 Å². The van der Waals surface area contributed by atoms with Gasteiger partial charge in [-0.15, -0.1) is 0 Å². The minimum absolute atomic E-state index is 0.176. The van der Waals surface area contributed by atoms with E-state index in [2.05, 4.69) is 38.1 Å². The highest BCUT2D eigenvalue weighted by molar-refractivity contribution is 9.10. The molecule has 0 fully saturated rings. The summed E-state index contributed by atoms with van der Waals surface area (Å²) in [4.78, 5) is 2.23. The zero-order valence-electron chi connectivity index (χ0n) is 10.7. The van der Waals surface area contributed by atoms with Crippen molar-refractivity contribution in [3.05, 3.63) is 52.8 Å². The molecule has 1 aromatic carbocycles. The van der Waals surface area contributed by atoms with Gasteiger partial charge in [0, 0.05) is 25.8 Å². The van der Waals surface area contributed by atoms with E-state index in [0.717, 1.165) is 24.1 Å². The van der Waals surface area contributed by atoms with Crippen LogP contribution in [-0.4, -0.2) is 39.5 Å². The van der Waals surface area contributed by atoms with Gasteiger partial charge in [0.25, 0.3) is 0 Å². The molecule has 5 heteroatoms. The third kappa shape index (κ3) is 4.78. The van der Waals surface area contributed by atoms with Crippen LogP contribution in [0, 0.1) is 0 Å². The topological polar surface area (TPSA) is 41.3 Å². The average Bonchev–Trinajstić information content (AvgIpc) is 2.83.